The number of aliphatic hydroxyl groups is 2. The molecule has 126 valence electrons. The van der Waals surface area contributed by atoms with E-state index in [0.717, 1.165) is 14.2 Å². The molecule has 0 bridgehead atoms. The van der Waals surface area contributed by atoms with E-state index in [-0.39, 0.29) is 0 Å². The van der Waals surface area contributed by atoms with Gasteiger partial charge in [-0.05, 0) is 5.41 Å². The van der Waals surface area contributed by atoms with Crippen molar-refractivity contribution < 1.29 is 10.2 Å². The SMILES string of the molecule is CCC(C)(C)C.CO.CO.c1ccccc1.c1ccccc1. The lowest BCUT2D eigenvalue weighted by Gasteiger charge is -2.12. The second kappa shape index (κ2) is 21.7. The predicted molar refractivity (Wildman–Crippen MR) is 98.9 cm³/mol. The van der Waals surface area contributed by atoms with Gasteiger partial charge < -0.3 is 10.2 Å². The van der Waals surface area contributed by atoms with Crippen molar-refractivity contribution in [2.45, 2.75) is 34.1 Å². The average molecular weight is 306 g/mol. The minimum absolute atomic E-state index is 0.542. The van der Waals surface area contributed by atoms with Gasteiger partial charge in [0.25, 0.3) is 0 Å². The fraction of sp³-hybridized carbons (Fsp3) is 0.400. The summed E-state index contributed by atoms with van der Waals surface area (Å²) in [6.45, 7) is 8.94. The van der Waals surface area contributed by atoms with Crippen LogP contribution in [0.2, 0.25) is 0 Å². The van der Waals surface area contributed by atoms with Crippen LogP contribution in [0.15, 0.2) is 72.8 Å². The Bertz CT molecular complexity index is 268. The van der Waals surface area contributed by atoms with Gasteiger partial charge in [-0.15, -0.1) is 0 Å². The molecule has 2 nitrogen and oxygen atoms in total. The number of hydrogen-bond acceptors (Lipinski definition) is 2. The molecule has 2 heteroatoms. The second-order valence-corrected chi connectivity index (χ2v) is 5.22. The van der Waals surface area contributed by atoms with Gasteiger partial charge in [0.15, 0.2) is 0 Å². The largest absolute Gasteiger partial charge is 0.400 e. The summed E-state index contributed by atoms with van der Waals surface area (Å²) < 4.78 is 0. The van der Waals surface area contributed by atoms with Gasteiger partial charge >= 0.3 is 0 Å². The van der Waals surface area contributed by atoms with Crippen LogP contribution in [0, 0.1) is 5.41 Å². The van der Waals surface area contributed by atoms with Gasteiger partial charge in [0.05, 0.1) is 0 Å². The number of hydrogen-bond donors (Lipinski definition) is 2. The average Bonchev–Trinajstić information content (AvgIpc) is 2.62. The van der Waals surface area contributed by atoms with Crippen LogP contribution in [-0.2, 0) is 0 Å². The topological polar surface area (TPSA) is 40.5 Å². The highest BCUT2D eigenvalue weighted by Crippen LogP contribution is 2.16. The second-order valence-electron chi connectivity index (χ2n) is 5.22. The zero-order valence-electron chi connectivity index (χ0n) is 15.0. The van der Waals surface area contributed by atoms with E-state index in [0.29, 0.717) is 5.41 Å². The maximum Gasteiger partial charge on any atom is 0.0319 e. The fourth-order valence-electron chi connectivity index (χ4n) is 0.770. The molecule has 0 heterocycles. The van der Waals surface area contributed by atoms with Crippen molar-refractivity contribution >= 4 is 0 Å². The maximum absolute atomic E-state index is 7.00. The van der Waals surface area contributed by atoms with Gasteiger partial charge in [0.1, 0.15) is 0 Å². The third-order valence-electron chi connectivity index (χ3n) is 2.39. The molecule has 0 unspecified atom stereocenters. The summed E-state index contributed by atoms with van der Waals surface area (Å²) in [5.41, 5.74) is 0.542. The molecule has 2 aromatic rings. The molecule has 0 spiro atoms. The van der Waals surface area contributed by atoms with E-state index in [1.807, 2.05) is 72.8 Å². The van der Waals surface area contributed by atoms with E-state index in [1.165, 1.54) is 6.42 Å². The van der Waals surface area contributed by atoms with Gasteiger partial charge in [-0.3, -0.25) is 0 Å². The molecular formula is C20H34O2. The predicted octanol–water partition coefficient (Wildman–Crippen LogP) is 5.03. The fourth-order valence-corrected chi connectivity index (χ4v) is 0.770. The molecule has 0 saturated carbocycles. The van der Waals surface area contributed by atoms with Crippen molar-refractivity contribution in [2.75, 3.05) is 14.2 Å². The lowest BCUT2D eigenvalue weighted by molar-refractivity contribution is 0.398. The summed E-state index contributed by atoms with van der Waals surface area (Å²) in [4.78, 5) is 0. The first-order valence-electron chi connectivity index (χ1n) is 7.46. The summed E-state index contributed by atoms with van der Waals surface area (Å²) in [6, 6.07) is 24.0. The Kier molecular flexibility index (Phi) is 24.9. The van der Waals surface area contributed by atoms with Crippen LogP contribution in [0.5, 0.6) is 0 Å². The maximum atomic E-state index is 7.00. The van der Waals surface area contributed by atoms with Crippen molar-refractivity contribution in [2.24, 2.45) is 5.41 Å². The highest BCUT2D eigenvalue weighted by atomic mass is 16.2. The summed E-state index contributed by atoms with van der Waals surface area (Å²) >= 11 is 0. The highest BCUT2D eigenvalue weighted by molar-refractivity contribution is 4.99. The Morgan fingerprint density at radius 3 is 0.636 bits per heavy atom. The van der Waals surface area contributed by atoms with E-state index in [1.54, 1.807) is 0 Å². The van der Waals surface area contributed by atoms with Crippen LogP contribution in [0.1, 0.15) is 34.1 Å². The first-order chi connectivity index (χ1) is 10.6. The van der Waals surface area contributed by atoms with Gasteiger partial charge in [-0.2, -0.15) is 0 Å². The molecule has 0 atom stereocenters. The molecular weight excluding hydrogens is 272 g/mol. The lowest BCUT2D eigenvalue weighted by Crippen LogP contribution is -2.00. The Labute approximate surface area is 137 Å². The van der Waals surface area contributed by atoms with Crippen molar-refractivity contribution in [3.8, 4) is 0 Å². The van der Waals surface area contributed by atoms with E-state index in [4.69, 9.17) is 10.2 Å². The molecule has 2 rings (SSSR count). The van der Waals surface area contributed by atoms with Crippen LogP contribution >= 0.6 is 0 Å². The van der Waals surface area contributed by atoms with Gasteiger partial charge in [-0.1, -0.05) is 107 Å². The van der Waals surface area contributed by atoms with Crippen LogP contribution in [0.4, 0.5) is 0 Å². The van der Waals surface area contributed by atoms with Gasteiger partial charge in [-0.25, -0.2) is 0 Å². The van der Waals surface area contributed by atoms with Crippen molar-refractivity contribution in [3.05, 3.63) is 72.8 Å². The normalized spacial score (nSPS) is 8.18. The summed E-state index contributed by atoms with van der Waals surface area (Å²) in [7, 11) is 2.00. The zero-order chi connectivity index (χ0) is 17.7. The third-order valence-corrected chi connectivity index (χ3v) is 2.39. The number of aliphatic hydroxyl groups excluding tert-OH is 2. The quantitative estimate of drug-likeness (QED) is 0.716. The number of benzene rings is 2. The minimum Gasteiger partial charge on any atom is -0.400 e. The zero-order valence-corrected chi connectivity index (χ0v) is 15.0. The van der Waals surface area contributed by atoms with Crippen LogP contribution in [-0.4, -0.2) is 24.4 Å². The summed E-state index contributed by atoms with van der Waals surface area (Å²) in [5.74, 6) is 0. The molecule has 0 radical (unpaired) electrons. The molecule has 0 amide bonds. The standard InChI is InChI=1S/2C6H6.C6H14.2CH4O/c2*1-2-4-6-5-3-1;1-5-6(2,3)4;2*1-2/h2*1-6H;5H2,1-4H3;2*2H,1H3. The first-order valence-corrected chi connectivity index (χ1v) is 7.46. The molecule has 22 heavy (non-hydrogen) atoms. The third kappa shape index (κ3) is 31.0. The molecule has 0 saturated heterocycles. The number of rotatable bonds is 0. The monoisotopic (exact) mass is 306 g/mol. The van der Waals surface area contributed by atoms with Gasteiger partial charge in [0.2, 0.25) is 0 Å². The minimum atomic E-state index is 0.542. The van der Waals surface area contributed by atoms with Crippen LogP contribution in [0.3, 0.4) is 0 Å². The summed E-state index contributed by atoms with van der Waals surface area (Å²) in [5, 5.41) is 14.0. The molecule has 0 aliphatic heterocycles. The van der Waals surface area contributed by atoms with Crippen molar-refractivity contribution in [1.29, 1.82) is 0 Å². The Morgan fingerprint density at radius 1 is 0.500 bits per heavy atom. The molecule has 0 fully saturated rings. The van der Waals surface area contributed by atoms with Crippen LogP contribution < -0.4 is 0 Å². The molecule has 2 aromatic carbocycles. The van der Waals surface area contributed by atoms with E-state index >= 15 is 0 Å². The van der Waals surface area contributed by atoms with Crippen molar-refractivity contribution in [1.82, 2.24) is 0 Å². The Morgan fingerprint density at radius 2 is 0.591 bits per heavy atom. The molecule has 0 aliphatic rings. The summed E-state index contributed by atoms with van der Waals surface area (Å²) in [6.07, 6.45) is 1.27. The molecule has 0 aliphatic carbocycles. The first kappa shape index (κ1) is 25.3. The Hall–Kier alpha value is -1.64. The van der Waals surface area contributed by atoms with E-state index < -0.39 is 0 Å². The van der Waals surface area contributed by atoms with Gasteiger partial charge in [0, 0.05) is 14.2 Å². The molecule has 0 aromatic heterocycles. The van der Waals surface area contributed by atoms with E-state index in [2.05, 4.69) is 27.7 Å². The Balaban J connectivity index is -0.000000221. The van der Waals surface area contributed by atoms with Crippen LogP contribution in [0.25, 0.3) is 0 Å². The smallest absolute Gasteiger partial charge is 0.0319 e. The van der Waals surface area contributed by atoms with E-state index in [9.17, 15) is 0 Å². The molecule has 2 N–H and O–H groups in total. The van der Waals surface area contributed by atoms with Crippen molar-refractivity contribution in [3.63, 3.8) is 0 Å². The highest BCUT2D eigenvalue weighted by Gasteiger charge is 2.03. The lowest BCUT2D eigenvalue weighted by atomic mass is 9.94.